The van der Waals surface area contributed by atoms with Crippen LogP contribution in [0, 0.1) is 0 Å². The van der Waals surface area contributed by atoms with E-state index < -0.39 is 0 Å². The SMILES string of the molecule is O=C(CN1CCN(C(=O)c2n[nH]c3ccccc23)CC1)NC1CC1. The Balaban J connectivity index is 1.35. The Morgan fingerprint density at radius 3 is 2.67 bits per heavy atom. The van der Waals surface area contributed by atoms with Gasteiger partial charge in [0, 0.05) is 37.6 Å². The summed E-state index contributed by atoms with van der Waals surface area (Å²) in [7, 11) is 0. The first kappa shape index (κ1) is 15.1. The molecule has 1 saturated heterocycles. The highest BCUT2D eigenvalue weighted by Crippen LogP contribution is 2.19. The second-order valence-corrected chi connectivity index (χ2v) is 6.53. The van der Waals surface area contributed by atoms with Crippen LogP contribution in [0.15, 0.2) is 24.3 Å². The zero-order valence-corrected chi connectivity index (χ0v) is 13.5. The largest absolute Gasteiger partial charge is 0.352 e. The molecule has 0 spiro atoms. The Hall–Kier alpha value is -2.41. The van der Waals surface area contributed by atoms with Crippen LogP contribution in [0.5, 0.6) is 0 Å². The van der Waals surface area contributed by atoms with Crippen LogP contribution in [0.2, 0.25) is 0 Å². The van der Waals surface area contributed by atoms with Crippen LogP contribution in [0.1, 0.15) is 23.3 Å². The molecule has 126 valence electrons. The molecule has 7 nitrogen and oxygen atoms in total. The highest BCUT2D eigenvalue weighted by atomic mass is 16.2. The van der Waals surface area contributed by atoms with E-state index in [1.165, 1.54) is 0 Å². The van der Waals surface area contributed by atoms with Crippen molar-refractivity contribution in [3.05, 3.63) is 30.0 Å². The summed E-state index contributed by atoms with van der Waals surface area (Å²) in [5.74, 6) is 0.0464. The minimum absolute atomic E-state index is 0.0467. The smallest absolute Gasteiger partial charge is 0.275 e. The van der Waals surface area contributed by atoms with Crippen LogP contribution in [0.3, 0.4) is 0 Å². The van der Waals surface area contributed by atoms with Crippen molar-refractivity contribution >= 4 is 22.7 Å². The number of rotatable bonds is 4. The fourth-order valence-corrected chi connectivity index (χ4v) is 3.09. The summed E-state index contributed by atoms with van der Waals surface area (Å²) in [5.41, 5.74) is 1.35. The number of nitrogens with one attached hydrogen (secondary N) is 2. The average Bonchev–Trinajstić information content (AvgIpc) is 3.30. The number of aromatic amines is 1. The van der Waals surface area contributed by atoms with E-state index in [0.717, 1.165) is 23.7 Å². The summed E-state index contributed by atoms with van der Waals surface area (Å²) >= 11 is 0. The lowest BCUT2D eigenvalue weighted by Crippen LogP contribution is -2.51. The van der Waals surface area contributed by atoms with Crippen molar-refractivity contribution in [3.63, 3.8) is 0 Å². The van der Waals surface area contributed by atoms with Gasteiger partial charge in [-0.25, -0.2) is 0 Å². The number of H-pyrrole nitrogens is 1. The van der Waals surface area contributed by atoms with Crippen LogP contribution in [0.25, 0.3) is 10.9 Å². The molecule has 2 heterocycles. The second kappa shape index (κ2) is 6.24. The molecule has 1 aromatic carbocycles. The zero-order valence-electron chi connectivity index (χ0n) is 13.5. The fraction of sp³-hybridized carbons (Fsp3) is 0.471. The Kier molecular flexibility index (Phi) is 3.93. The number of aromatic nitrogens is 2. The molecule has 2 amide bonds. The summed E-state index contributed by atoms with van der Waals surface area (Å²) < 4.78 is 0. The Bertz CT molecular complexity index is 759. The number of amides is 2. The number of carbonyl (C=O) groups is 2. The van der Waals surface area contributed by atoms with Gasteiger partial charge in [-0.15, -0.1) is 0 Å². The standard InChI is InChI=1S/C17H21N5O2/c23-15(18-12-5-6-12)11-21-7-9-22(10-8-21)17(24)16-13-3-1-2-4-14(13)19-20-16/h1-4,12H,5-11H2,(H,18,23)(H,19,20). The highest BCUT2D eigenvalue weighted by Gasteiger charge is 2.27. The quantitative estimate of drug-likeness (QED) is 0.862. The van der Waals surface area contributed by atoms with Crippen LogP contribution in [-0.2, 0) is 4.79 Å². The van der Waals surface area contributed by atoms with E-state index >= 15 is 0 Å². The van der Waals surface area contributed by atoms with Gasteiger partial charge in [-0.1, -0.05) is 18.2 Å². The number of nitrogens with zero attached hydrogens (tertiary/aromatic N) is 3. The Labute approximate surface area is 140 Å². The van der Waals surface area contributed by atoms with Gasteiger partial charge in [-0.2, -0.15) is 5.10 Å². The molecule has 7 heteroatoms. The van der Waals surface area contributed by atoms with Crippen LogP contribution < -0.4 is 5.32 Å². The maximum Gasteiger partial charge on any atom is 0.275 e. The maximum atomic E-state index is 12.7. The van der Waals surface area contributed by atoms with Crippen molar-refractivity contribution in [2.24, 2.45) is 0 Å². The molecule has 1 aliphatic heterocycles. The number of benzene rings is 1. The predicted octanol–water partition coefficient (Wildman–Crippen LogP) is 0.599. The maximum absolute atomic E-state index is 12.7. The van der Waals surface area contributed by atoms with Crippen molar-refractivity contribution in [3.8, 4) is 0 Å². The van der Waals surface area contributed by atoms with Gasteiger partial charge in [0.25, 0.3) is 5.91 Å². The molecule has 0 atom stereocenters. The minimum atomic E-state index is -0.0467. The van der Waals surface area contributed by atoms with E-state index in [9.17, 15) is 9.59 Å². The number of carbonyl (C=O) groups excluding carboxylic acids is 2. The normalized spacial score (nSPS) is 18.8. The highest BCUT2D eigenvalue weighted by molar-refractivity contribution is 6.04. The van der Waals surface area contributed by atoms with E-state index in [4.69, 9.17) is 0 Å². The number of piperazine rings is 1. The number of para-hydroxylation sites is 1. The third-order valence-corrected chi connectivity index (χ3v) is 4.64. The molecule has 2 N–H and O–H groups in total. The lowest BCUT2D eigenvalue weighted by Gasteiger charge is -2.34. The third-order valence-electron chi connectivity index (χ3n) is 4.64. The first-order valence-electron chi connectivity index (χ1n) is 8.45. The van der Waals surface area contributed by atoms with Gasteiger partial charge in [0.2, 0.25) is 5.91 Å². The van der Waals surface area contributed by atoms with Crippen LogP contribution >= 0.6 is 0 Å². The first-order chi connectivity index (χ1) is 11.7. The molecule has 1 aromatic heterocycles. The first-order valence-corrected chi connectivity index (χ1v) is 8.45. The van der Waals surface area contributed by atoms with Gasteiger partial charge >= 0.3 is 0 Å². The topological polar surface area (TPSA) is 81.3 Å². The summed E-state index contributed by atoms with van der Waals surface area (Å²) in [6, 6.07) is 8.04. The second-order valence-electron chi connectivity index (χ2n) is 6.53. The molecule has 0 bridgehead atoms. The van der Waals surface area contributed by atoms with Crippen molar-refractivity contribution in [2.75, 3.05) is 32.7 Å². The molecule has 24 heavy (non-hydrogen) atoms. The Morgan fingerprint density at radius 2 is 1.92 bits per heavy atom. The Morgan fingerprint density at radius 1 is 1.17 bits per heavy atom. The summed E-state index contributed by atoms with van der Waals surface area (Å²) in [4.78, 5) is 28.5. The van der Waals surface area contributed by atoms with Crippen molar-refractivity contribution in [1.29, 1.82) is 0 Å². The summed E-state index contributed by atoms with van der Waals surface area (Å²) in [5, 5.41) is 10.9. The van der Waals surface area contributed by atoms with Crippen LogP contribution in [0.4, 0.5) is 0 Å². The third kappa shape index (κ3) is 3.12. The fourth-order valence-electron chi connectivity index (χ4n) is 3.09. The van der Waals surface area contributed by atoms with Gasteiger partial charge in [-0.05, 0) is 18.9 Å². The van der Waals surface area contributed by atoms with Gasteiger partial charge in [-0.3, -0.25) is 19.6 Å². The number of hydrogen-bond donors (Lipinski definition) is 2. The van der Waals surface area contributed by atoms with Gasteiger partial charge in [0.15, 0.2) is 5.69 Å². The number of hydrogen-bond acceptors (Lipinski definition) is 4. The minimum Gasteiger partial charge on any atom is -0.352 e. The molecule has 2 fully saturated rings. The molecular formula is C17H21N5O2. The molecule has 2 aromatic rings. The lowest BCUT2D eigenvalue weighted by atomic mass is 10.2. The van der Waals surface area contributed by atoms with Crippen molar-refractivity contribution < 1.29 is 9.59 Å². The molecule has 1 saturated carbocycles. The molecule has 0 radical (unpaired) electrons. The van der Waals surface area contributed by atoms with Crippen molar-refractivity contribution in [2.45, 2.75) is 18.9 Å². The monoisotopic (exact) mass is 327 g/mol. The molecule has 2 aliphatic rings. The van der Waals surface area contributed by atoms with E-state index in [1.807, 2.05) is 29.2 Å². The van der Waals surface area contributed by atoms with Gasteiger partial charge in [0.05, 0.1) is 12.1 Å². The number of fused-ring (bicyclic) bond motifs is 1. The lowest BCUT2D eigenvalue weighted by molar-refractivity contribution is -0.122. The van der Waals surface area contributed by atoms with Gasteiger partial charge < -0.3 is 10.2 Å². The van der Waals surface area contributed by atoms with E-state index in [0.29, 0.717) is 44.5 Å². The predicted molar refractivity (Wildman–Crippen MR) is 89.6 cm³/mol. The average molecular weight is 327 g/mol. The molecule has 0 unspecified atom stereocenters. The molecular weight excluding hydrogens is 306 g/mol. The van der Waals surface area contributed by atoms with Crippen molar-refractivity contribution in [1.82, 2.24) is 25.3 Å². The van der Waals surface area contributed by atoms with Crippen LogP contribution in [-0.4, -0.2) is 70.6 Å². The molecule has 4 rings (SSSR count). The summed E-state index contributed by atoms with van der Waals surface area (Å²) in [6.07, 6.45) is 2.21. The van der Waals surface area contributed by atoms with E-state index in [-0.39, 0.29) is 11.8 Å². The van der Waals surface area contributed by atoms with E-state index in [2.05, 4.69) is 20.4 Å². The van der Waals surface area contributed by atoms with E-state index in [1.54, 1.807) is 0 Å². The zero-order chi connectivity index (χ0) is 16.5. The summed E-state index contributed by atoms with van der Waals surface area (Å²) in [6.45, 7) is 3.09. The van der Waals surface area contributed by atoms with Gasteiger partial charge in [0.1, 0.15) is 0 Å². The molecule has 1 aliphatic carbocycles.